The van der Waals surface area contributed by atoms with Crippen LogP contribution >= 0.6 is 11.8 Å². The highest BCUT2D eigenvalue weighted by atomic mass is 32.2. The van der Waals surface area contributed by atoms with Gasteiger partial charge in [0.25, 0.3) is 5.91 Å². The van der Waals surface area contributed by atoms with Crippen LogP contribution in [0.3, 0.4) is 0 Å². The standard InChI is InChI=1S/C20H17N3O4S/c1-27-18(25)11-17-19(26)22-20(28-17)23-21-12-15-10-14(7-8-16(15)24)9-13-5-3-2-4-6-13/h2-8,10-12,24H,9H2,1H3,(H,22,23,26)/b17-11+,21-12?. The molecule has 1 amide bonds. The monoisotopic (exact) mass is 395 g/mol. The van der Waals surface area contributed by atoms with E-state index < -0.39 is 11.9 Å². The number of nitrogens with one attached hydrogen (secondary N) is 1. The van der Waals surface area contributed by atoms with Crippen molar-refractivity contribution in [2.24, 2.45) is 10.2 Å². The smallest absolute Gasteiger partial charge is 0.331 e. The van der Waals surface area contributed by atoms with E-state index in [1.165, 1.54) is 13.3 Å². The summed E-state index contributed by atoms with van der Waals surface area (Å²) in [5, 5.41) is 20.6. The van der Waals surface area contributed by atoms with Crippen molar-refractivity contribution >= 4 is 35.0 Å². The summed E-state index contributed by atoms with van der Waals surface area (Å²) in [6, 6.07) is 15.3. The summed E-state index contributed by atoms with van der Waals surface area (Å²) in [6.45, 7) is 0. The van der Waals surface area contributed by atoms with Crippen LogP contribution in [0.15, 0.2) is 69.7 Å². The van der Waals surface area contributed by atoms with Gasteiger partial charge >= 0.3 is 5.97 Å². The van der Waals surface area contributed by atoms with Crippen LogP contribution in [0.2, 0.25) is 0 Å². The molecule has 8 heteroatoms. The minimum Gasteiger partial charge on any atom is -0.507 e. The van der Waals surface area contributed by atoms with Crippen molar-refractivity contribution < 1.29 is 19.4 Å². The molecule has 142 valence electrons. The van der Waals surface area contributed by atoms with Crippen LogP contribution in [0.25, 0.3) is 0 Å². The number of amides is 1. The fraction of sp³-hybridized carbons (Fsp3) is 0.100. The minimum atomic E-state index is -0.623. The molecule has 2 aromatic rings. The molecule has 7 nitrogen and oxygen atoms in total. The molecule has 1 saturated heterocycles. The van der Waals surface area contributed by atoms with E-state index in [9.17, 15) is 14.7 Å². The molecule has 0 aromatic heterocycles. The van der Waals surface area contributed by atoms with Crippen molar-refractivity contribution in [1.82, 2.24) is 5.32 Å². The van der Waals surface area contributed by atoms with Crippen LogP contribution < -0.4 is 5.32 Å². The molecule has 0 saturated carbocycles. The Bertz CT molecular complexity index is 984. The molecule has 2 aromatic carbocycles. The molecule has 2 N–H and O–H groups in total. The SMILES string of the molecule is COC(=O)/C=C1/S/C(=N\N=Cc2cc(Cc3ccccc3)ccc2O)NC1=O. The molecule has 1 heterocycles. The van der Waals surface area contributed by atoms with Crippen LogP contribution in [-0.4, -0.2) is 35.5 Å². The number of aromatic hydroxyl groups is 1. The maximum absolute atomic E-state index is 11.8. The van der Waals surface area contributed by atoms with Gasteiger partial charge in [-0.2, -0.15) is 5.10 Å². The van der Waals surface area contributed by atoms with Gasteiger partial charge in [0, 0.05) is 11.6 Å². The van der Waals surface area contributed by atoms with E-state index in [2.05, 4.69) is 20.3 Å². The lowest BCUT2D eigenvalue weighted by molar-refractivity contribution is -0.135. The van der Waals surface area contributed by atoms with Crippen LogP contribution in [0.4, 0.5) is 0 Å². The molecule has 0 spiro atoms. The van der Waals surface area contributed by atoms with Gasteiger partial charge in [0.15, 0.2) is 5.17 Å². The summed E-state index contributed by atoms with van der Waals surface area (Å²) in [4.78, 5) is 23.2. The van der Waals surface area contributed by atoms with Gasteiger partial charge < -0.3 is 9.84 Å². The van der Waals surface area contributed by atoms with Gasteiger partial charge in [-0.3, -0.25) is 10.1 Å². The second-order valence-electron chi connectivity index (χ2n) is 5.79. The zero-order chi connectivity index (χ0) is 19.9. The van der Waals surface area contributed by atoms with Crippen LogP contribution in [0.5, 0.6) is 5.75 Å². The van der Waals surface area contributed by atoms with Gasteiger partial charge in [-0.25, -0.2) is 4.79 Å². The first kappa shape index (κ1) is 19.4. The quantitative estimate of drug-likeness (QED) is 0.351. The number of thioether (sulfide) groups is 1. The van der Waals surface area contributed by atoms with Gasteiger partial charge in [-0.15, -0.1) is 5.10 Å². The normalized spacial score (nSPS) is 16.7. The Morgan fingerprint density at radius 1 is 1.21 bits per heavy atom. The van der Waals surface area contributed by atoms with Crippen LogP contribution in [-0.2, 0) is 20.7 Å². The summed E-state index contributed by atoms with van der Waals surface area (Å²) in [7, 11) is 1.23. The highest BCUT2D eigenvalue weighted by molar-refractivity contribution is 8.18. The molecular formula is C20H17N3O4S. The minimum absolute atomic E-state index is 0.0788. The second kappa shape index (κ2) is 9.01. The number of carbonyl (C=O) groups excluding carboxylic acids is 2. The van der Waals surface area contributed by atoms with Crippen molar-refractivity contribution in [2.45, 2.75) is 6.42 Å². The fourth-order valence-corrected chi connectivity index (χ4v) is 3.17. The average molecular weight is 395 g/mol. The summed E-state index contributed by atoms with van der Waals surface area (Å²) in [5.74, 6) is -0.991. The van der Waals surface area contributed by atoms with Crippen LogP contribution in [0.1, 0.15) is 16.7 Å². The topological polar surface area (TPSA) is 100 Å². The Hall–Kier alpha value is -3.39. The first-order valence-electron chi connectivity index (χ1n) is 8.31. The Kier molecular flexibility index (Phi) is 6.23. The number of esters is 1. The molecule has 3 rings (SSSR count). The summed E-state index contributed by atoms with van der Waals surface area (Å²) in [5.41, 5.74) is 2.69. The molecular weight excluding hydrogens is 378 g/mol. The van der Waals surface area contributed by atoms with Crippen molar-refractivity contribution in [3.8, 4) is 5.75 Å². The lowest BCUT2D eigenvalue weighted by Crippen LogP contribution is -2.19. The number of carbonyl (C=O) groups is 2. The number of nitrogens with zero attached hydrogens (tertiary/aromatic N) is 2. The zero-order valence-electron chi connectivity index (χ0n) is 15.0. The summed E-state index contributed by atoms with van der Waals surface area (Å²) >= 11 is 0.980. The van der Waals surface area contributed by atoms with E-state index in [1.54, 1.807) is 6.07 Å². The number of hydrogen-bond acceptors (Lipinski definition) is 7. The number of phenols is 1. The largest absolute Gasteiger partial charge is 0.507 e. The molecule has 0 aliphatic carbocycles. The Labute approximate surface area is 165 Å². The molecule has 0 atom stereocenters. The van der Waals surface area contributed by atoms with Crippen LogP contribution in [0, 0.1) is 0 Å². The number of benzene rings is 2. The third kappa shape index (κ3) is 5.08. The average Bonchev–Trinajstić information content (AvgIpc) is 3.04. The van der Waals surface area contributed by atoms with Crippen molar-refractivity contribution in [2.75, 3.05) is 7.11 Å². The highest BCUT2D eigenvalue weighted by Crippen LogP contribution is 2.24. The number of amidine groups is 1. The Morgan fingerprint density at radius 3 is 2.75 bits per heavy atom. The van der Waals surface area contributed by atoms with Gasteiger partial charge in [0.2, 0.25) is 0 Å². The van der Waals surface area contributed by atoms with E-state index in [-0.39, 0.29) is 15.8 Å². The van der Waals surface area contributed by atoms with E-state index in [0.717, 1.165) is 35.4 Å². The number of hydrogen-bond donors (Lipinski definition) is 2. The number of methoxy groups -OCH3 is 1. The fourth-order valence-electron chi connectivity index (χ4n) is 2.43. The van der Waals surface area contributed by atoms with Gasteiger partial charge in [-0.1, -0.05) is 36.4 Å². The molecule has 0 unspecified atom stereocenters. The number of phenolic OH excluding ortho intramolecular Hbond substituents is 1. The van der Waals surface area contributed by atoms with Crippen molar-refractivity contribution in [1.29, 1.82) is 0 Å². The Morgan fingerprint density at radius 2 is 2.00 bits per heavy atom. The first-order chi connectivity index (χ1) is 13.5. The van der Waals surface area contributed by atoms with E-state index in [1.807, 2.05) is 42.5 Å². The van der Waals surface area contributed by atoms with Crippen molar-refractivity contribution in [3.63, 3.8) is 0 Å². The lowest BCUT2D eigenvalue weighted by Gasteiger charge is -2.04. The second-order valence-corrected chi connectivity index (χ2v) is 6.82. The maximum atomic E-state index is 11.8. The molecule has 1 fully saturated rings. The van der Waals surface area contributed by atoms with E-state index >= 15 is 0 Å². The van der Waals surface area contributed by atoms with Gasteiger partial charge in [-0.05, 0) is 41.4 Å². The van der Waals surface area contributed by atoms with Gasteiger partial charge in [0.1, 0.15) is 5.75 Å². The number of ether oxygens (including phenoxy) is 1. The van der Waals surface area contributed by atoms with E-state index in [4.69, 9.17) is 0 Å². The number of rotatable bonds is 5. The van der Waals surface area contributed by atoms with E-state index in [0.29, 0.717) is 5.56 Å². The molecule has 28 heavy (non-hydrogen) atoms. The summed E-state index contributed by atoms with van der Waals surface area (Å²) < 4.78 is 4.50. The van der Waals surface area contributed by atoms with Gasteiger partial charge in [0.05, 0.1) is 18.2 Å². The first-order valence-corrected chi connectivity index (χ1v) is 9.12. The Balaban J connectivity index is 1.71. The molecule has 1 aliphatic heterocycles. The summed E-state index contributed by atoms with van der Waals surface area (Å²) in [6.07, 6.45) is 3.22. The highest BCUT2D eigenvalue weighted by Gasteiger charge is 2.25. The molecule has 1 aliphatic rings. The third-order valence-corrected chi connectivity index (χ3v) is 4.69. The predicted octanol–water partition coefficient (Wildman–Crippen LogP) is 2.59. The molecule has 0 radical (unpaired) electrons. The molecule has 0 bridgehead atoms. The maximum Gasteiger partial charge on any atom is 0.331 e. The predicted molar refractivity (Wildman–Crippen MR) is 108 cm³/mol. The van der Waals surface area contributed by atoms with Crippen molar-refractivity contribution in [3.05, 3.63) is 76.2 Å². The zero-order valence-corrected chi connectivity index (χ0v) is 15.8. The lowest BCUT2D eigenvalue weighted by atomic mass is 10.0. The third-order valence-electron chi connectivity index (χ3n) is 3.79.